The number of rotatable bonds is 6. The number of aromatic nitrogens is 2. The van der Waals surface area contributed by atoms with Crippen LogP contribution < -0.4 is 10.6 Å². The molecule has 2 aromatic heterocycles. The Balaban J connectivity index is 1.40. The summed E-state index contributed by atoms with van der Waals surface area (Å²) in [6, 6.07) is 17.7. The number of amides is 2. The molecule has 0 saturated carbocycles. The first-order chi connectivity index (χ1) is 15.1. The zero-order valence-corrected chi connectivity index (χ0v) is 17.8. The average Bonchev–Trinajstić information content (AvgIpc) is 3.21. The fourth-order valence-corrected chi connectivity index (χ4v) is 3.96. The van der Waals surface area contributed by atoms with Gasteiger partial charge >= 0.3 is 0 Å². The summed E-state index contributed by atoms with van der Waals surface area (Å²) in [6.07, 6.45) is 5.51. The van der Waals surface area contributed by atoms with Gasteiger partial charge in [0, 0.05) is 46.2 Å². The van der Waals surface area contributed by atoms with Gasteiger partial charge < -0.3 is 5.32 Å². The number of halogens is 1. The van der Waals surface area contributed by atoms with Crippen molar-refractivity contribution in [3.05, 3.63) is 106 Å². The summed E-state index contributed by atoms with van der Waals surface area (Å²) in [6.45, 7) is 0. The maximum Gasteiger partial charge on any atom is 0.257 e. The van der Waals surface area contributed by atoms with E-state index in [1.807, 2.05) is 24.3 Å². The maximum atomic E-state index is 12.6. The van der Waals surface area contributed by atoms with E-state index in [1.54, 1.807) is 48.8 Å². The molecule has 2 N–H and O–H groups in total. The van der Waals surface area contributed by atoms with Crippen molar-refractivity contribution in [1.82, 2.24) is 9.97 Å². The van der Waals surface area contributed by atoms with E-state index in [-0.39, 0.29) is 11.8 Å². The second-order valence-corrected chi connectivity index (χ2v) is 8.22. The minimum absolute atomic E-state index is 0.295. The van der Waals surface area contributed by atoms with E-state index < -0.39 is 0 Å². The predicted octanol–water partition coefficient (Wildman–Crippen LogP) is 5.29. The van der Waals surface area contributed by atoms with Crippen LogP contribution in [0.4, 0.5) is 10.8 Å². The molecule has 0 spiro atoms. The van der Waals surface area contributed by atoms with Gasteiger partial charge in [-0.15, -0.1) is 11.3 Å². The van der Waals surface area contributed by atoms with Gasteiger partial charge in [0.2, 0.25) is 0 Å². The van der Waals surface area contributed by atoms with Gasteiger partial charge in [0.25, 0.3) is 11.8 Å². The third-order valence-electron chi connectivity index (χ3n) is 4.35. The summed E-state index contributed by atoms with van der Waals surface area (Å²) in [5.74, 6) is -0.600. The van der Waals surface area contributed by atoms with Gasteiger partial charge in [-0.1, -0.05) is 29.8 Å². The Kier molecular flexibility index (Phi) is 6.35. The molecule has 6 nitrogen and oxygen atoms in total. The molecule has 0 bridgehead atoms. The molecule has 2 aromatic carbocycles. The second-order valence-electron chi connectivity index (χ2n) is 6.67. The summed E-state index contributed by atoms with van der Waals surface area (Å²) in [5, 5.41) is 6.77. The van der Waals surface area contributed by atoms with Crippen LogP contribution >= 0.6 is 22.9 Å². The van der Waals surface area contributed by atoms with Crippen LogP contribution in [0.15, 0.2) is 79.3 Å². The summed E-state index contributed by atoms with van der Waals surface area (Å²) in [4.78, 5) is 34.2. The van der Waals surface area contributed by atoms with Gasteiger partial charge in [0.05, 0.1) is 5.56 Å². The van der Waals surface area contributed by atoms with Crippen LogP contribution in [0.25, 0.3) is 0 Å². The van der Waals surface area contributed by atoms with E-state index in [4.69, 9.17) is 11.6 Å². The number of hydrogen-bond acceptors (Lipinski definition) is 5. The zero-order valence-electron chi connectivity index (χ0n) is 16.2. The molecular weight excluding hydrogens is 432 g/mol. The van der Waals surface area contributed by atoms with Crippen molar-refractivity contribution in [3.63, 3.8) is 0 Å². The minimum atomic E-state index is -0.305. The Morgan fingerprint density at radius 1 is 0.903 bits per heavy atom. The molecule has 31 heavy (non-hydrogen) atoms. The lowest BCUT2D eigenvalue weighted by Crippen LogP contribution is -2.14. The first-order valence-electron chi connectivity index (χ1n) is 9.39. The Morgan fingerprint density at radius 2 is 1.71 bits per heavy atom. The highest BCUT2D eigenvalue weighted by molar-refractivity contribution is 7.15. The lowest BCUT2D eigenvalue weighted by atomic mass is 10.1. The quantitative estimate of drug-likeness (QED) is 0.420. The smallest absolute Gasteiger partial charge is 0.257 e. The molecule has 0 saturated heterocycles. The standard InChI is InChI=1S/C23H17ClN4O2S/c24-18-7-1-4-15(10-18)11-20-14-26-23(31-20)28-21(29)16-5-2-8-19(12-16)27-22(30)17-6-3-9-25-13-17/h1-10,12-14H,11H2,(H,27,30)(H,26,28,29). The number of thiazole rings is 1. The number of hydrogen-bond donors (Lipinski definition) is 2. The molecule has 0 unspecified atom stereocenters. The number of nitrogens with zero attached hydrogens (tertiary/aromatic N) is 2. The molecule has 2 amide bonds. The number of carbonyl (C=O) groups is 2. The summed E-state index contributed by atoms with van der Waals surface area (Å²) >= 11 is 7.44. The van der Waals surface area contributed by atoms with Crippen LogP contribution in [-0.4, -0.2) is 21.8 Å². The largest absolute Gasteiger partial charge is 0.322 e. The minimum Gasteiger partial charge on any atom is -0.322 e. The van der Waals surface area contributed by atoms with E-state index in [0.29, 0.717) is 33.4 Å². The lowest BCUT2D eigenvalue weighted by molar-refractivity contribution is 0.101. The van der Waals surface area contributed by atoms with Crippen molar-refractivity contribution >= 4 is 45.6 Å². The summed E-state index contributed by atoms with van der Waals surface area (Å²) in [5.41, 5.74) is 2.44. The number of pyridine rings is 1. The van der Waals surface area contributed by atoms with E-state index in [0.717, 1.165) is 10.4 Å². The molecule has 0 aliphatic heterocycles. The van der Waals surface area contributed by atoms with Crippen LogP contribution in [0.2, 0.25) is 5.02 Å². The van der Waals surface area contributed by atoms with E-state index in [1.165, 1.54) is 17.5 Å². The molecular formula is C23H17ClN4O2S. The summed E-state index contributed by atoms with van der Waals surface area (Å²) in [7, 11) is 0. The highest BCUT2D eigenvalue weighted by Gasteiger charge is 2.12. The number of nitrogens with one attached hydrogen (secondary N) is 2. The van der Waals surface area contributed by atoms with Gasteiger partial charge in [-0.2, -0.15) is 0 Å². The van der Waals surface area contributed by atoms with Crippen LogP contribution in [0.3, 0.4) is 0 Å². The molecule has 0 aliphatic rings. The van der Waals surface area contributed by atoms with E-state index in [2.05, 4.69) is 20.6 Å². The third-order valence-corrected chi connectivity index (χ3v) is 5.50. The molecule has 0 atom stereocenters. The van der Waals surface area contributed by atoms with Crippen LogP contribution in [-0.2, 0) is 6.42 Å². The van der Waals surface area contributed by atoms with Gasteiger partial charge in [0.15, 0.2) is 5.13 Å². The molecule has 154 valence electrons. The Hall–Kier alpha value is -3.55. The highest BCUT2D eigenvalue weighted by atomic mass is 35.5. The van der Waals surface area contributed by atoms with Crippen molar-refractivity contribution < 1.29 is 9.59 Å². The van der Waals surface area contributed by atoms with Crippen molar-refractivity contribution in [2.24, 2.45) is 0 Å². The molecule has 2 heterocycles. The van der Waals surface area contributed by atoms with Crippen LogP contribution in [0, 0.1) is 0 Å². The molecule has 0 fully saturated rings. The number of carbonyl (C=O) groups excluding carboxylic acids is 2. The molecule has 4 rings (SSSR count). The van der Waals surface area contributed by atoms with Gasteiger partial charge in [-0.3, -0.25) is 19.9 Å². The molecule has 8 heteroatoms. The zero-order chi connectivity index (χ0) is 21.6. The molecule has 4 aromatic rings. The van der Waals surface area contributed by atoms with Crippen LogP contribution in [0.1, 0.15) is 31.2 Å². The molecule has 0 aliphatic carbocycles. The lowest BCUT2D eigenvalue weighted by Gasteiger charge is -2.07. The van der Waals surface area contributed by atoms with Crippen molar-refractivity contribution in [3.8, 4) is 0 Å². The summed E-state index contributed by atoms with van der Waals surface area (Å²) < 4.78 is 0. The predicted molar refractivity (Wildman–Crippen MR) is 123 cm³/mol. The van der Waals surface area contributed by atoms with E-state index in [9.17, 15) is 9.59 Å². The first kappa shape index (κ1) is 20.7. The fraction of sp³-hybridized carbons (Fsp3) is 0.0435. The number of benzene rings is 2. The van der Waals surface area contributed by atoms with Crippen molar-refractivity contribution in [1.29, 1.82) is 0 Å². The van der Waals surface area contributed by atoms with Crippen LogP contribution in [0.5, 0.6) is 0 Å². The normalized spacial score (nSPS) is 10.5. The average molecular weight is 449 g/mol. The van der Waals surface area contributed by atoms with Gasteiger partial charge in [-0.05, 0) is 48.0 Å². The topological polar surface area (TPSA) is 84.0 Å². The third kappa shape index (κ3) is 5.53. The fourth-order valence-electron chi connectivity index (χ4n) is 2.90. The van der Waals surface area contributed by atoms with Gasteiger partial charge in [0.1, 0.15) is 0 Å². The van der Waals surface area contributed by atoms with E-state index >= 15 is 0 Å². The first-order valence-corrected chi connectivity index (χ1v) is 10.6. The highest BCUT2D eigenvalue weighted by Crippen LogP contribution is 2.23. The Labute approximate surface area is 188 Å². The van der Waals surface area contributed by atoms with Crippen molar-refractivity contribution in [2.45, 2.75) is 6.42 Å². The maximum absolute atomic E-state index is 12.6. The van der Waals surface area contributed by atoms with Crippen molar-refractivity contribution in [2.75, 3.05) is 10.6 Å². The SMILES string of the molecule is O=C(Nc1cccc(C(=O)Nc2ncc(Cc3cccc(Cl)c3)s2)c1)c1cccnc1. The monoisotopic (exact) mass is 448 g/mol. The second kappa shape index (κ2) is 9.51. The van der Waals surface area contributed by atoms with Gasteiger partial charge in [-0.25, -0.2) is 4.98 Å². The Bertz CT molecular complexity index is 1230. The Morgan fingerprint density at radius 3 is 2.52 bits per heavy atom. The molecule has 0 radical (unpaired) electrons. The number of anilines is 2.